The van der Waals surface area contributed by atoms with Crippen molar-refractivity contribution in [2.24, 2.45) is 0 Å². The standard InChI is InChI=1S/C24H25ClN4O3/c1-3-32-19-7-4-17(5-8-19)21-15-23(27-16-26-21)28-10-12-29(13-11-28)24(30)20-14-18(25)6-9-22(20)31-2/h4-9,14-16H,3,10-13H2,1-2H3. The van der Waals surface area contributed by atoms with Crippen LogP contribution in [0.25, 0.3) is 11.3 Å². The normalized spacial score (nSPS) is 13.7. The average molecular weight is 453 g/mol. The third kappa shape index (κ3) is 4.78. The zero-order valence-electron chi connectivity index (χ0n) is 18.1. The highest BCUT2D eigenvalue weighted by Crippen LogP contribution is 2.26. The van der Waals surface area contributed by atoms with Gasteiger partial charge < -0.3 is 19.3 Å². The van der Waals surface area contributed by atoms with Crippen LogP contribution in [0, 0.1) is 0 Å². The lowest BCUT2D eigenvalue weighted by atomic mass is 10.1. The molecule has 32 heavy (non-hydrogen) atoms. The van der Waals surface area contributed by atoms with Gasteiger partial charge in [0.25, 0.3) is 5.91 Å². The fraction of sp³-hybridized carbons (Fsp3) is 0.292. The number of benzene rings is 2. The van der Waals surface area contributed by atoms with E-state index in [2.05, 4.69) is 14.9 Å². The number of carbonyl (C=O) groups excluding carboxylic acids is 1. The SMILES string of the molecule is CCOc1ccc(-c2cc(N3CCN(C(=O)c4cc(Cl)ccc4OC)CC3)ncn2)cc1. The Morgan fingerprint density at radius 3 is 2.47 bits per heavy atom. The number of amides is 1. The molecule has 1 saturated heterocycles. The second-order valence-electron chi connectivity index (χ2n) is 7.34. The quantitative estimate of drug-likeness (QED) is 0.559. The van der Waals surface area contributed by atoms with E-state index >= 15 is 0 Å². The number of rotatable bonds is 6. The Hall–Kier alpha value is -3.32. The lowest BCUT2D eigenvalue weighted by molar-refractivity contribution is 0.0743. The number of piperazine rings is 1. The Balaban J connectivity index is 1.44. The summed E-state index contributed by atoms with van der Waals surface area (Å²) in [5.74, 6) is 2.12. The highest BCUT2D eigenvalue weighted by atomic mass is 35.5. The zero-order valence-corrected chi connectivity index (χ0v) is 18.9. The molecule has 1 aliphatic rings. The highest BCUT2D eigenvalue weighted by Gasteiger charge is 2.25. The van der Waals surface area contributed by atoms with Crippen LogP contribution >= 0.6 is 11.6 Å². The molecule has 1 aliphatic heterocycles. The number of hydrogen-bond acceptors (Lipinski definition) is 6. The number of methoxy groups -OCH3 is 1. The predicted octanol–water partition coefficient (Wildman–Crippen LogP) is 4.17. The first kappa shape index (κ1) is 21.9. The fourth-order valence-electron chi connectivity index (χ4n) is 3.72. The number of hydrogen-bond donors (Lipinski definition) is 0. The minimum Gasteiger partial charge on any atom is -0.496 e. The number of aromatic nitrogens is 2. The molecule has 166 valence electrons. The number of anilines is 1. The van der Waals surface area contributed by atoms with Gasteiger partial charge in [0.1, 0.15) is 23.6 Å². The molecule has 0 spiro atoms. The third-order valence-corrected chi connectivity index (χ3v) is 5.63. The van der Waals surface area contributed by atoms with E-state index in [1.54, 1.807) is 31.6 Å². The Kier molecular flexibility index (Phi) is 6.75. The molecular formula is C24H25ClN4O3. The summed E-state index contributed by atoms with van der Waals surface area (Å²) in [5, 5.41) is 0.510. The number of halogens is 1. The molecule has 0 saturated carbocycles. The third-order valence-electron chi connectivity index (χ3n) is 5.40. The van der Waals surface area contributed by atoms with Gasteiger partial charge in [0, 0.05) is 42.8 Å². The Labute approximate surface area is 192 Å². The van der Waals surface area contributed by atoms with Gasteiger partial charge >= 0.3 is 0 Å². The van der Waals surface area contributed by atoms with Crippen LogP contribution in [0.4, 0.5) is 5.82 Å². The van der Waals surface area contributed by atoms with Gasteiger partial charge in [-0.05, 0) is 49.4 Å². The van der Waals surface area contributed by atoms with Gasteiger partial charge in [0.2, 0.25) is 0 Å². The molecule has 4 rings (SSSR count). The Morgan fingerprint density at radius 1 is 1.03 bits per heavy atom. The summed E-state index contributed by atoms with van der Waals surface area (Å²) in [7, 11) is 1.55. The maximum Gasteiger partial charge on any atom is 0.257 e. The molecule has 7 nitrogen and oxygen atoms in total. The summed E-state index contributed by atoms with van der Waals surface area (Å²) in [6.07, 6.45) is 1.58. The van der Waals surface area contributed by atoms with E-state index in [1.807, 2.05) is 42.2 Å². The van der Waals surface area contributed by atoms with Crippen molar-refractivity contribution in [3.63, 3.8) is 0 Å². The van der Waals surface area contributed by atoms with Crippen molar-refractivity contribution in [2.45, 2.75) is 6.92 Å². The van der Waals surface area contributed by atoms with Gasteiger partial charge in [-0.1, -0.05) is 11.6 Å². The van der Waals surface area contributed by atoms with Gasteiger partial charge in [-0.15, -0.1) is 0 Å². The first-order chi connectivity index (χ1) is 15.6. The van der Waals surface area contributed by atoms with Crippen molar-refractivity contribution in [3.05, 3.63) is 65.4 Å². The summed E-state index contributed by atoms with van der Waals surface area (Å²) in [6, 6.07) is 14.9. The lowest BCUT2D eigenvalue weighted by Gasteiger charge is -2.35. The maximum absolute atomic E-state index is 13.0. The highest BCUT2D eigenvalue weighted by molar-refractivity contribution is 6.31. The Morgan fingerprint density at radius 2 is 1.78 bits per heavy atom. The van der Waals surface area contributed by atoms with E-state index in [9.17, 15) is 4.79 Å². The topological polar surface area (TPSA) is 67.8 Å². The molecular weight excluding hydrogens is 428 g/mol. The van der Waals surface area contributed by atoms with Crippen LogP contribution in [0.5, 0.6) is 11.5 Å². The van der Waals surface area contributed by atoms with E-state index in [0.29, 0.717) is 49.1 Å². The number of ether oxygens (including phenoxy) is 2. The van der Waals surface area contributed by atoms with E-state index in [-0.39, 0.29) is 5.91 Å². The van der Waals surface area contributed by atoms with Crippen molar-refractivity contribution in [3.8, 4) is 22.8 Å². The predicted molar refractivity (Wildman–Crippen MR) is 125 cm³/mol. The summed E-state index contributed by atoms with van der Waals surface area (Å²) < 4.78 is 10.8. The summed E-state index contributed by atoms with van der Waals surface area (Å²) in [5.41, 5.74) is 2.33. The summed E-state index contributed by atoms with van der Waals surface area (Å²) in [6.45, 7) is 5.11. The fourth-order valence-corrected chi connectivity index (χ4v) is 3.89. The molecule has 1 fully saturated rings. The minimum absolute atomic E-state index is 0.0817. The van der Waals surface area contributed by atoms with Crippen molar-refractivity contribution >= 4 is 23.3 Å². The largest absolute Gasteiger partial charge is 0.496 e. The molecule has 1 aromatic heterocycles. The summed E-state index contributed by atoms with van der Waals surface area (Å²) >= 11 is 6.09. The zero-order chi connectivity index (χ0) is 22.5. The lowest BCUT2D eigenvalue weighted by Crippen LogP contribution is -2.49. The maximum atomic E-state index is 13.0. The van der Waals surface area contributed by atoms with Crippen molar-refractivity contribution in [2.75, 3.05) is 44.8 Å². The number of nitrogens with zero attached hydrogens (tertiary/aromatic N) is 4. The molecule has 3 aromatic rings. The molecule has 0 unspecified atom stereocenters. The van der Waals surface area contributed by atoms with Crippen molar-refractivity contribution in [1.82, 2.24) is 14.9 Å². The van der Waals surface area contributed by atoms with E-state index in [0.717, 1.165) is 22.8 Å². The molecule has 2 heterocycles. The van der Waals surface area contributed by atoms with Crippen molar-refractivity contribution in [1.29, 1.82) is 0 Å². The van der Waals surface area contributed by atoms with Crippen LogP contribution in [0.15, 0.2) is 54.9 Å². The van der Waals surface area contributed by atoms with Crippen LogP contribution in [0.3, 0.4) is 0 Å². The van der Waals surface area contributed by atoms with Gasteiger partial charge in [-0.2, -0.15) is 0 Å². The van der Waals surface area contributed by atoms with Crippen molar-refractivity contribution < 1.29 is 14.3 Å². The smallest absolute Gasteiger partial charge is 0.257 e. The number of carbonyl (C=O) groups is 1. The van der Waals surface area contributed by atoms with Gasteiger partial charge in [-0.3, -0.25) is 4.79 Å². The molecule has 1 amide bonds. The van der Waals surface area contributed by atoms with Crippen LogP contribution in [-0.4, -0.2) is 60.7 Å². The van der Waals surface area contributed by atoms with Crippen LogP contribution in [0.1, 0.15) is 17.3 Å². The van der Waals surface area contributed by atoms with E-state index < -0.39 is 0 Å². The molecule has 8 heteroatoms. The first-order valence-electron chi connectivity index (χ1n) is 10.5. The molecule has 0 N–H and O–H groups in total. The first-order valence-corrected chi connectivity index (χ1v) is 10.9. The van der Waals surface area contributed by atoms with Crippen LogP contribution in [-0.2, 0) is 0 Å². The molecule has 0 radical (unpaired) electrons. The second-order valence-corrected chi connectivity index (χ2v) is 7.78. The summed E-state index contributed by atoms with van der Waals surface area (Å²) in [4.78, 5) is 25.9. The van der Waals surface area contributed by atoms with E-state index in [1.165, 1.54) is 0 Å². The van der Waals surface area contributed by atoms with Gasteiger partial charge in [0.15, 0.2) is 0 Å². The van der Waals surface area contributed by atoms with Gasteiger partial charge in [0.05, 0.1) is 25.0 Å². The molecule has 0 atom stereocenters. The monoisotopic (exact) mass is 452 g/mol. The second kappa shape index (κ2) is 9.87. The Bertz CT molecular complexity index is 1080. The van der Waals surface area contributed by atoms with Crippen LogP contribution < -0.4 is 14.4 Å². The average Bonchev–Trinajstić information content (AvgIpc) is 2.84. The van der Waals surface area contributed by atoms with Crippen LogP contribution in [0.2, 0.25) is 5.02 Å². The molecule has 2 aromatic carbocycles. The minimum atomic E-state index is -0.0817. The molecule has 0 bridgehead atoms. The molecule has 0 aliphatic carbocycles. The van der Waals surface area contributed by atoms with E-state index in [4.69, 9.17) is 21.1 Å². The van der Waals surface area contributed by atoms with Gasteiger partial charge in [-0.25, -0.2) is 9.97 Å².